The van der Waals surface area contributed by atoms with Crippen molar-refractivity contribution in [3.63, 3.8) is 0 Å². The molecule has 16 heavy (non-hydrogen) atoms. The number of aryl methyl sites for hydroxylation is 1. The fourth-order valence-electron chi connectivity index (χ4n) is 1.50. The summed E-state index contributed by atoms with van der Waals surface area (Å²) in [6, 6.07) is 3.94. The summed E-state index contributed by atoms with van der Waals surface area (Å²) in [6.07, 6.45) is 0. The van der Waals surface area contributed by atoms with Crippen LogP contribution in [0.15, 0.2) is 27.4 Å². The number of hydrogen-bond acceptors (Lipinski definition) is 4. The van der Waals surface area contributed by atoms with Gasteiger partial charge in [0.2, 0.25) is 5.91 Å². The van der Waals surface area contributed by atoms with Crippen molar-refractivity contribution in [1.82, 2.24) is 4.57 Å². The summed E-state index contributed by atoms with van der Waals surface area (Å²) in [6.45, 7) is 0. The summed E-state index contributed by atoms with van der Waals surface area (Å²) >= 11 is 0. The second-order valence-corrected chi connectivity index (χ2v) is 3.53. The van der Waals surface area contributed by atoms with E-state index in [1.54, 1.807) is 25.2 Å². The van der Waals surface area contributed by atoms with E-state index in [-0.39, 0.29) is 0 Å². The van der Waals surface area contributed by atoms with Crippen molar-refractivity contribution in [3.05, 3.63) is 34.3 Å². The van der Waals surface area contributed by atoms with Crippen LogP contribution in [-0.2, 0) is 11.8 Å². The summed E-state index contributed by atoms with van der Waals surface area (Å²) in [5, 5.41) is 0. The first-order chi connectivity index (χ1) is 7.50. The zero-order valence-corrected chi connectivity index (χ0v) is 8.64. The third-order valence-electron chi connectivity index (χ3n) is 2.48. The van der Waals surface area contributed by atoms with E-state index >= 15 is 0 Å². The Bertz CT molecular complexity index is 611. The summed E-state index contributed by atoms with van der Waals surface area (Å²) in [7, 11) is 1.58. The topological polar surface area (TPSA) is 104 Å². The first-order valence-corrected chi connectivity index (χ1v) is 4.65. The Morgan fingerprint density at radius 1 is 1.50 bits per heavy atom. The van der Waals surface area contributed by atoms with Crippen LogP contribution in [0.25, 0.3) is 11.1 Å². The van der Waals surface area contributed by atoms with E-state index in [1.165, 1.54) is 4.57 Å². The number of hydrogen-bond donors (Lipinski definition) is 2. The van der Waals surface area contributed by atoms with Gasteiger partial charge >= 0.3 is 5.76 Å². The number of nitrogens with two attached hydrogens (primary N) is 2. The van der Waals surface area contributed by atoms with Crippen molar-refractivity contribution in [1.29, 1.82) is 0 Å². The van der Waals surface area contributed by atoms with Gasteiger partial charge in [0.05, 0.1) is 5.52 Å². The molecule has 1 unspecified atom stereocenters. The molecule has 1 atom stereocenters. The van der Waals surface area contributed by atoms with Gasteiger partial charge in [-0.15, -0.1) is 0 Å². The van der Waals surface area contributed by atoms with Crippen LogP contribution in [0.3, 0.4) is 0 Å². The number of amides is 1. The maximum absolute atomic E-state index is 11.2. The standard InChI is InChI=1S/C10H11N3O3/c1-13-6-4-5(8(11)9(12)14)2-3-7(6)16-10(13)15/h2-4,8H,11H2,1H3,(H2,12,14). The lowest BCUT2D eigenvalue weighted by atomic mass is 10.1. The SMILES string of the molecule is Cn1c(=O)oc2ccc(C(N)C(N)=O)cc21. The minimum atomic E-state index is -0.880. The molecule has 1 aromatic heterocycles. The maximum atomic E-state index is 11.2. The van der Waals surface area contributed by atoms with Crippen LogP contribution in [0.4, 0.5) is 0 Å². The maximum Gasteiger partial charge on any atom is 0.419 e. The number of carbonyl (C=O) groups excluding carboxylic acids is 1. The first kappa shape index (κ1) is 10.4. The molecule has 0 bridgehead atoms. The van der Waals surface area contributed by atoms with Gasteiger partial charge in [-0.05, 0) is 17.7 Å². The van der Waals surface area contributed by atoms with Crippen molar-refractivity contribution in [3.8, 4) is 0 Å². The monoisotopic (exact) mass is 221 g/mol. The van der Waals surface area contributed by atoms with Gasteiger partial charge in [0.1, 0.15) is 6.04 Å². The Kier molecular flexibility index (Phi) is 2.28. The summed E-state index contributed by atoms with van der Waals surface area (Å²) in [5.74, 6) is -1.08. The van der Waals surface area contributed by atoms with Crippen molar-refractivity contribution >= 4 is 17.0 Å². The fourth-order valence-corrected chi connectivity index (χ4v) is 1.50. The Labute approximate surface area is 90.4 Å². The second kappa shape index (κ2) is 3.49. The largest absolute Gasteiger partial charge is 0.419 e. The smallest absolute Gasteiger partial charge is 0.408 e. The Morgan fingerprint density at radius 2 is 2.19 bits per heavy atom. The minimum absolute atomic E-state index is 0.452. The van der Waals surface area contributed by atoms with Crippen LogP contribution in [0.1, 0.15) is 11.6 Å². The summed E-state index contributed by atoms with van der Waals surface area (Å²) in [4.78, 5) is 22.2. The average Bonchev–Trinajstić information content (AvgIpc) is 2.53. The molecular weight excluding hydrogens is 210 g/mol. The number of aromatic nitrogens is 1. The van der Waals surface area contributed by atoms with Gasteiger partial charge in [0.15, 0.2) is 5.58 Å². The summed E-state index contributed by atoms with van der Waals surface area (Å²) in [5.41, 5.74) is 12.3. The molecule has 0 fully saturated rings. The van der Waals surface area contributed by atoms with Crippen molar-refractivity contribution < 1.29 is 9.21 Å². The van der Waals surface area contributed by atoms with Crippen molar-refractivity contribution in [2.75, 3.05) is 0 Å². The highest BCUT2D eigenvalue weighted by molar-refractivity contribution is 5.83. The minimum Gasteiger partial charge on any atom is -0.408 e. The van der Waals surface area contributed by atoms with Gasteiger partial charge < -0.3 is 15.9 Å². The molecule has 0 aliphatic carbocycles. The Balaban J connectivity index is 2.63. The van der Waals surface area contributed by atoms with Crippen LogP contribution in [0, 0.1) is 0 Å². The third kappa shape index (κ3) is 1.49. The normalized spacial score (nSPS) is 12.9. The predicted molar refractivity (Wildman–Crippen MR) is 57.6 cm³/mol. The Hall–Kier alpha value is -2.08. The molecule has 0 aliphatic heterocycles. The highest BCUT2D eigenvalue weighted by Gasteiger charge is 2.14. The number of primary amides is 1. The molecule has 0 saturated heterocycles. The lowest BCUT2D eigenvalue weighted by Gasteiger charge is -2.07. The van der Waals surface area contributed by atoms with Crippen LogP contribution < -0.4 is 17.2 Å². The number of fused-ring (bicyclic) bond motifs is 1. The molecule has 84 valence electrons. The molecule has 0 saturated carbocycles. The molecule has 1 aromatic carbocycles. The van der Waals surface area contributed by atoms with E-state index in [1.807, 2.05) is 0 Å². The molecule has 6 nitrogen and oxygen atoms in total. The molecule has 2 aromatic rings. The lowest BCUT2D eigenvalue weighted by Crippen LogP contribution is -2.28. The molecule has 0 radical (unpaired) electrons. The predicted octanol–water partition coefficient (Wildman–Crippen LogP) is -0.383. The number of oxazole rings is 1. The van der Waals surface area contributed by atoms with E-state index in [0.29, 0.717) is 16.7 Å². The molecule has 0 spiro atoms. The van der Waals surface area contributed by atoms with Gasteiger partial charge in [-0.25, -0.2) is 4.79 Å². The Morgan fingerprint density at radius 3 is 2.81 bits per heavy atom. The van der Waals surface area contributed by atoms with E-state index < -0.39 is 17.7 Å². The quantitative estimate of drug-likeness (QED) is 0.720. The zero-order valence-electron chi connectivity index (χ0n) is 8.64. The molecule has 2 rings (SSSR count). The van der Waals surface area contributed by atoms with E-state index in [4.69, 9.17) is 15.9 Å². The molecular formula is C10H11N3O3. The highest BCUT2D eigenvalue weighted by Crippen LogP contribution is 2.17. The molecule has 1 amide bonds. The van der Waals surface area contributed by atoms with Crippen molar-refractivity contribution in [2.24, 2.45) is 18.5 Å². The van der Waals surface area contributed by atoms with E-state index in [2.05, 4.69) is 0 Å². The van der Waals surface area contributed by atoms with Gasteiger partial charge in [-0.2, -0.15) is 0 Å². The van der Waals surface area contributed by atoms with E-state index in [0.717, 1.165) is 0 Å². The van der Waals surface area contributed by atoms with Gasteiger partial charge in [0.25, 0.3) is 0 Å². The van der Waals surface area contributed by atoms with Crippen LogP contribution >= 0.6 is 0 Å². The number of nitrogens with zero attached hydrogens (tertiary/aromatic N) is 1. The second-order valence-electron chi connectivity index (χ2n) is 3.53. The summed E-state index contributed by atoms with van der Waals surface area (Å²) < 4.78 is 6.28. The van der Waals surface area contributed by atoms with E-state index in [9.17, 15) is 9.59 Å². The highest BCUT2D eigenvalue weighted by atomic mass is 16.4. The van der Waals surface area contributed by atoms with Crippen LogP contribution in [-0.4, -0.2) is 10.5 Å². The number of carbonyl (C=O) groups is 1. The van der Waals surface area contributed by atoms with Gasteiger partial charge in [-0.3, -0.25) is 9.36 Å². The fraction of sp³-hybridized carbons (Fsp3) is 0.200. The van der Waals surface area contributed by atoms with Gasteiger partial charge in [-0.1, -0.05) is 6.07 Å². The average molecular weight is 221 g/mol. The van der Waals surface area contributed by atoms with Crippen LogP contribution in [0.2, 0.25) is 0 Å². The first-order valence-electron chi connectivity index (χ1n) is 4.65. The molecule has 4 N–H and O–H groups in total. The van der Waals surface area contributed by atoms with Crippen LogP contribution in [0.5, 0.6) is 0 Å². The van der Waals surface area contributed by atoms with Crippen molar-refractivity contribution in [2.45, 2.75) is 6.04 Å². The number of rotatable bonds is 2. The third-order valence-corrected chi connectivity index (χ3v) is 2.48. The molecule has 6 heteroatoms. The number of benzene rings is 1. The molecule has 0 aliphatic rings. The lowest BCUT2D eigenvalue weighted by molar-refractivity contribution is -0.119. The zero-order chi connectivity index (χ0) is 11.9. The molecule has 1 heterocycles. The van der Waals surface area contributed by atoms with Gasteiger partial charge in [0, 0.05) is 7.05 Å².